The number of benzene rings is 1. The smallest absolute Gasteiger partial charge is 0.267 e. The van der Waals surface area contributed by atoms with Crippen molar-refractivity contribution in [3.63, 3.8) is 0 Å². The number of morpholine rings is 1. The predicted molar refractivity (Wildman–Crippen MR) is 137 cm³/mol. The van der Waals surface area contributed by atoms with Gasteiger partial charge in [0.25, 0.3) is 11.5 Å². The number of ether oxygens (including phenoxy) is 1. The van der Waals surface area contributed by atoms with Gasteiger partial charge in [0.05, 0.1) is 30.2 Å². The number of amides is 1. The molecule has 0 unspecified atom stereocenters. The van der Waals surface area contributed by atoms with Gasteiger partial charge in [0.1, 0.15) is 16.8 Å². The Balaban J connectivity index is 1.61. The molecule has 1 atom stereocenters. The maximum Gasteiger partial charge on any atom is 0.267 e. The summed E-state index contributed by atoms with van der Waals surface area (Å²) < 4.78 is 8.64. The molecule has 2 N–H and O–H groups in total. The number of fused-ring (bicyclic) bond motifs is 2. The molecule has 186 valence electrons. The second-order valence-corrected chi connectivity index (χ2v) is 9.21. The Morgan fingerprint density at radius 1 is 1.14 bits per heavy atom. The second-order valence-electron chi connectivity index (χ2n) is 9.21. The van der Waals surface area contributed by atoms with Gasteiger partial charge in [-0.3, -0.25) is 24.3 Å². The first-order valence-electron chi connectivity index (χ1n) is 12.2. The Morgan fingerprint density at radius 3 is 2.64 bits per heavy atom. The number of nitrogens with zero attached hydrogens (tertiary/aromatic N) is 4. The Labute approximate surface area is 208 Å². The molecule has 1 aromatic carbocycles. The van der Waals surface area contributed by atoms with E-state index in [0.717, 1.165) is 24.2 Å². The number of hydrogen-bond donors (Lipinski definition) is 2. The van der Waals surface area contributed by atoms with Crippen molar-refractivity contribution in [3.8, 4) is 0 Å². The monoisotopic (exact) mass is 486 g/mol. The van der Waals surface area contributed by atoms with Crippen molar-refractivity contribution in [3.05, 3.63) is 87.3 Å². The molecule has 4 heterocycles. The molecule has 9 heteroatoms. The van der Waals surface area contributed by atoms with Crippen LogP contribution < -0.4 is 16.4 Å². The zero-order valence-electron chi connectivity index (χ0n) is 20.5. The molecule has 9 nitrogen and oxygen atoms in total. The third kappa shape index (κ3) is 4.67. The summed E-state index contributed by atoms with van der Waals surface area (Å²) in [5, 5.41) is 12.2. The van der Waals surface area contributed by atoms with Crippen LogP contribution in [-0.4, -0.2) is 57.6 Å². The Bertz CT molecular complexity index is 1540. The number of aryl methyl sites for hydroxylation is 1. The molecule has 4 aromatic rings. The summed E-state index contributed by atoms with van der Waals surface area (Å²) in [6, 6.07) is 14.6. The van der Waals surface area contributed by atoms with E-state index >= 15 is 0 Å². The van der Waals surface area contributed by atoms with Crippen LogP contribution in [0.15, 0.2) is 59.5 Å². The van der Waals surface area contributed by atoms with Gasteiger partial charge >= 0.3 is 0 Å². The lowest BCUT2D eigenvalue weighted by molar-refractivity contribution is 0.0363. The number of nitrogens with one attached hydrogen (secondary N) is 2. The van der Waals surface area contributed by atoms with E-state index in [2.05, 4.69) is 10.2 Å². The van der Waals surface area contributed by atoms with Crippen molar-refractivity contribution in [2.24, 2.45) is 0 Å². The molecule has 0 spiro atoms. The van der Waals surface area contributed by atoms with Crippen molar-refractivity contribution in [1.82, 2.24) is 24.2 Å². The van der Waals surface area contributed by atoms with E-state index in [1.165, 1.54) is 10.5 Å². The largest absolute Gasteiger partial charge is 0.379 e. The molecule has 0 radical (unpaired) electrons. The van der Waals surface area contributed by atoms with Crippen molar-refractivity contribution in [2.75, 3.05) is 32.8 Å². The number of aromatic nitrogens is 3. The first-order chi connectivity index (χ1) is 17.4. The quantitative estimate of drug-likeness (QED) is 0.407. The third-order valence-corrected chi connectivity index (χ3v) is 6.69. The number of hydrogen-bond acceptors (Lipinski definition) is 6. The number of carbonyl (C=O) groups excluding carboxylic acids is 1. The van der Waals surface area contributed by atoms with Gasteiger partial charge in [-0.25, -0.2) is 4.98 Å². The summed E-state index contributed by atoms with van der Waals surface area (Å²) in [6.45, 7) is 7.85. The first kappa shape index (κ1) is 23.9. The maximum absolute atomic E-state index is 13.5. The summed E-state index contributed by atoms with van der Waals surface area (Å²) in [5.74, 6) is -0.396. The predicted octanol–water partition coefficient (Wildman–Crippen LogP) is 2.26. The third-order valence-electron chi connectivity index (χ3n) is 6.69. The summed E-state index contributed by atoms with van der Waals surface area (Å²) in [4.78, 5) is 33.9. The molecular formula is C27H30N6O3. The minimum atomic E-state index is -0.396. The van der Waals surface area contributed by atoms with Crippen molar-refractivity contribution < 1.29 is 9.53 Å². The minimum absolute atomic E-state index is 0.0388. The van der Waals surface area contributed by atoms with Crippen molar-refractivity contribution in [2.45, 2.75) is 26.4 Å². The molecule has 1 aliphatic rings. The fourth-order valence-electron chi connectivity index (χ4n) is 4.60. The van der Waals surface area contributed by atoms with Crippen LogP contribution in [-0.2, 0) is 11.3 Å². The second kappa shape index (κ2) is 10.0. The number of carbonyl (C=O) groups is 1. The molecule has 0 saturated carbocycles. The molecule has 1 aliphatic heterocycles. The highest BCUT2D eigenvalue weighted by Gasteiger charge is 2.20. The molecule has 1 fully saturated rings. The summed E-state index contributed by atoms with van der Waals surface area (Å²) >= 11 is 0. The summed E-state index contributed by atoms with van der Waals surface area (Å²) in [7, 11) is 0. The topological polar surface area (TPSA) is 105 Å². The molecular weight excluding hydrogens is 456 g/mol. The minimum Gasteiger partial charge on any atom is -0.379 e. The lowest BCUT2D eigenvalue weighted by Crippen LogP contribution is -2.41. The zero-order chi connectivity index (χ0) is 25.2. The van der Waals surface area contributed by atoms with E-state index in [0.29, 0.717) is 43.0 Å². The van der Waals surface area contributed by atoms with Gasteiger partial charge in [0, 0.05) is 32.4 Å². The molecule has 0 aliphatic carbocycles. The van der Waals surface area contributed by atoms with E-state index in [1.54, 1.807) is 16.8 Å². The first-order valence-corrected chi connectivity index (χ1v) is 12.2. The van der Waals surface area contributed by atoms with Gasteiger partial charge in [0.2, 0.25) is 0 Å². The maximum atomic E-state index is 13.5. The molecule has 5 rings (SSSR count). The normalized spacial score (nSPS) is 15.3. The molecule has 3 aromatic heterocycles. The van der Waals surface area contributed by atoms with Crippen LogP contribution in [0.4, 0.5) is 0 Å². The van der Waals surface area contributed by atoms with Crippen LogP contribution >= 0.6 is 0 Å². The highest BCUT2D eigenvalue weighted by molar-refractivity contribution is 5.97. The molecule has 36 heavy (non-hydrogen) atoms. The lowest BCUT2D eigenvalue weighted by Gasteiger charge is -2.27. The standard InChI is InChI=1S/C27H30N6O3/c1-18-8-9-23-30-25-22(27(35)33(23)17-18)16-21(26(34)29-19(2)20-6-4-3-5-7-20)24(28)32(25)11-10-31-12-14-36-15-13-31/h3-9,16-17,19,28H,10-15H2,1-2H3,(H,29,34)/t19-/m1/s1. The van der Waals surface area contributed by atoms with Gasteiger partial charge in [-0.15, -0.1) is 0 Å². The van der Waals surface area contributed by atoms with Crippen molar-refractivity contribution in [1.29, 1.82) is 5.41 Å². The Hall–Kier alpha value is -3.82. The van der Waals surface area contributed by atoms with E-state index in [9.17, 15) is 9.59 Å². The Morgan fingerprint density at radius 2 is 1.89 bits per heavy atom. The lowest BCUT2D eigenvalue weighted by atomic mass is 10.1. The molecule has 1 amide bonds. The van der Waals surface area contributed by atoms with Gasteiger partial charge in [0.15, 0.2) is 0 Å². The van der Waals surface area contributed by atoms with E-state index in [4.69, 9.17) is 15.1 Å². The van der Waals surface area contributed by atoms with Crippen LogP contribution in [0.1, 0.15) is 34.5 Å². The van der Waals surface area contributed by atoms with Gasteiger partial charge in [-0.05, 0) is 37.1 Å². The van der Waals surface area contributed by atoms with Crippen LogP contribution in [0.25, 0.3) is 16.7 Å². The number of rotatable bonds is 6. The van der Waals surface area contributed by atoms with E-state index < -0.39 is 5.91 Å². The summed E-state index contributed by atoms with van der Waals surface area (Å²) in [5.41, 5.74) is 2.74. The average molecular weight is 487 g/mol. The SMILES string of the molecule is Cc1ccc2nc3c(cc(C(=O)N[C@H](C)c4ccccc4)c(=N)n3CCN3CCOCC3)c(=O)n2c1. The fourth-order valence-corrected chi connectivity index (χ4v) is 4.60. The van der Waals surface area contributed by atoms with Gasteiger partial charge in [-0.1, -0.05) is 36.4 Å². The van der Waals surface area contributed by atoms with Gasteiger partial charge in [-0.2, -0.15) is 0 Å². The van der Waals surface area contributed by atoms with Crippen LogP contribution in [0.2, 0.25) is 0 Å². The average Bonchev–Trinajstić information content (AvgIpc) is 2.89. The highest BCUT2D eigenvalue weighted by atomic mass is 16.5. The van der Waals surface area contributed by atoms with Crippen LogP contribution in [0.3, 0.4) is 0 Å². The fraction of sp³-hybridized carbons (Fsp3) is 0.333. The summed E-state index contributed by atoms with van der Waals surface area (Å²) in [6.07, 6.45) is 1.74. The van der Waals surface area contributed by atoms with Crippen LogP contribution in [0.5, 0.6) is 0 Å². The van der Waals surface area contributed by atoms with Crippen LogP contribution in [0, 0.1) is 12.3 Å². The van der Waals surface area contributed by atoms with Gasteiger partial charge < -0.3 is 14.6 Å². The highest BCUT2D eigenvalue weighted by Crippen LogP contribution is 2.15. The Kier molecular flexibility index (Phi) is 6.67. The zero-order valence-corrected chi connectivity index (χ0v) is 20.5. The van der Waals surface area contributed by atoms with E-state index in [-0.39, 0.29) is 22.7 Å². The number of pyridine rings is 2. The molecule has 0 bridgehead atoms. The molecule has 1 saturated heterocycles. The van der Waals surface area contributed by atoms with Crippen molar-refractivity contribution >= 4 is 22.6 Å². The van der Waals surface area contributed by atoms with E-state index in [1.807, 2.05) is 50.2 Å².